The summed E-state index contributed by atoms with van der Waals surface area (Å²) in [5.41, 5.74) is 0.956. The van der Waals surface area contributed by atoms with Crippen molar-refractivity contribution in [1.29, 1.82) is 0 Å². The number of aliphatic hydroxyl groups excluding tert-OH is 1. The molecule has 0 aliphatic rings. The highest BCUT2D eigenvalue weighted by atomic mass is 16.2. The van der Waals surface area contributed by atoms with Crippen LogP contribution in [0.3, 0.4) is 0 Å². The fourth-order valence-corrected chi connectivity index (χ4v) is 1.37. The van der Waals surface area contributed by atoms with Gasteiger partial charge in [-0.05, 0) is 24.3 Å². The maximum absolute atomic E-state index is 11.9. The van der Waals surface area contributed by atoms with E-state index in [-0.39, 0.29) is 18.2 Å². The van der Waals surface area contributed by atoms with Gasteiger partial charge in [-0.3, -0.25) is 4.79 Å². The molecule has 0 aliphatic heterocycles. The van der Waals surface area contributed by atoms with E-state index in [0.717, 1.165) is 0 Å². The molecule has 0 spiro atoms. The van der Waals surface area contributed by atoms with E-state index in [9.17, 15) is 4.79 Å². The van der Waals surface area contributed by atoms with Crippen molar-refractivity contribution >= 4 is 11.7 Å². The number of nitrogens with zero attached hydrogens (tertiary/aromatic N) is 3. The summed E-state index contributed by atoms with van der Waals surface area (Å²) in [5.74, 6) is 5.62. The molecule has 1 amide bonds. The number of hydrogen-bond donors (Lipinski definition) is 2. The lowest BCUT2D eigenvalue weighted by molar-refractivity contribution is 0.102. The van der Waals surface area contributed by atoms with Gasteiger partial charge in [0.1, 0.15) is 5.69 Å². The highest BCUT2D eigenvalue weighted by molar-refractivity contribution is 6.02. The third-order valence-electron chi connectivity index (χ3n) is 2.28. The van der Waals surface area contributed by atoms with E-state index in [0.29, 0.717) is 17.8 Å². The van der Waals surface area contributed by atoms with Gasteiger partial charge in [0, 0.05) is 24.4 Å². The Hall–Kier alpha value is -2.78. The van der Waals surface area contributed by atoms with Crippen LogP contribution in [0.15, 0.2) is 36.7 Å². The minimum absolute atomic E-state index is 0.0268. The summed E-state index contributed by atoms with van der Waals surface area (Å²) in [6.45, 7) is 0.0268. The molecule has 0 saturated carbocycles. The summed E-state index contributed by atoms with van der Waals surface area (Å²) in [4.78, 5) is 15.9. The van der Waals surface area contributed by atoms with Crippen LogP contribution in [0.5, 0.6) is 0 Å². The lowest BCUT2D eigenvalue weighted by atomic mass is 10.2. The lowest BCUT2D eigenvalue weighted by Crippen LogP contribution is -2.14. The lowest BCUT2D eigenvalue weighted by Gasteiger charge is -2.02. The SMILES string of the molecule is O=C(Nc1cccnn1)c1ccc(C#CCCO)cn1. The fraction of sp³-hybridized carbons (Fsp3) is 0.143. The summed E-state index contributed by atoms with van der Waals surface area (Å²) in [5, 5.41) is 18.6. The summed E-state index contributed by atoms with van der Waals surface area (Å²) in [7, 11) is 0. The number of amides is 1. The Morgan fingerprint density at radius 2 is 2.25 bits per heavy atom. The predicted octanol–water partition coefficient (Wildman–Crippen LogP) is 0.858. The van der Waals surface area contributed by atoms with E-state index in [2.05, 4.69) is 32.3 Å². The van der Waals surface area contributed by atoms with Crippen molar-refractivity contribution in [3.63, 3.8) is 0 Å². The van der Waals surface area contributed by atoms with E-state index < -0.39 is 0 Å². The van der Waals surface area contributed by atoms with Crippen LogP contribution in [0.2, 0.25) is 0 Å². The second-order valence-electron chi connectivity index (χ2n) is 3.77. The molecule has 0 unspecified atom stereocenters. The van der Waals surface area contributed by atoms with E-state index in [4.69, 9.17) is 5.11 Å². The second kappa shape index (κ2) is 6.97. The average molecular weight is 268 g/mol. The zero-order valence-electron chi connectivity index (χ0n) is 10.6. The topological polar surface area (TPSA) is 88.0 Å². The molecule has 0 bridgehead atoms. The van der Waals surface area contributed by atoms with Crippen LogP contribution in [0.1, 0.15) is 22.5 Å². The summed E-state index contributed by atoms with van der Waals surface area (Å²) < 4.78 is 0. The maximum atomic E-state index is 11.9. The van der Waals surface area contributed by atoms with Crippen LogP contribution in [0.4, 0.5) is 5.82 Å². The molecule has 0 atom stereocenters. The van der Waals surface area contributed by atoms with E-state index in [1.165, 1.54) is 12.4 Å². The molecule has 0 aliphatic carbocycles. The predicted molar refractivity (Wildman–Crippen MR) is 72.8 cm³/mol. The van der Waals surface area contributed by atoms with Gasteiger partial charge in [0.2, 0.25) is 0 Å². The Morgan fingerprint density at radius 3 is 2.90 bits per heavy atom. The van der Waals surface area contributed by atoms with Crippen molar-refractivity contribution < 1.29 is 9.90 Å². The molecule has 2 aromatic heterocycles. The van der Waals surface area contributed by atoms with Gasteiger partial charge in [-0.15, -0.1) is 5.10 Å². The molecule has 2 rings (SSSR count). The molecule has 20 heavy (non-hydrogen) atoms. The molecule has 2 N–H and O–H groups in total. The van der Waals surface area contributed by atoms with Crippen LogP contribution >= 0.6 is 0 Å². The minimum Gasteiger partial charge on any atom is -0.395 e. The van der Waals surface area contributed by atoms with Crippen LogP contribution in [-0.4, -0.2) is 32.8 Å². The van der Waals surface area contributed by atoms with Gasteiger partial charge in [0.15, 0.2) is 5.82 Å². The van der Waals surface area contributed by atoms with E-state index in [1.54, 1.807) is 24.3 Å². The molecule has 0 aromatic carbocycles. The standard InChI is InChI=1S/C14H12N4O2/c19-9-2-1-4-11-6-7-12(15-10-11)14(20)17-13-5-3-8-16-18-13/h3,5-8,10,19H,2,9H2,(H,17,18,20). The van der Waals surface area contributed by atoms with Gasteiger partial charge in [-0.2, -0.15) is 5.10 Å². The Morgan fingerprint density at radius 1 is 1.35 bits per heavy atom. The number of pyridine rings is 1. The van der Waals surface area contributed by atoms with Crippen LogP contribution in [0.25, 0.3) is 0 Å². The molecule has 6 nitrogen and oxygen atoms in total. The summed E-state index contributed by atoms with van der Waals surface area (Å²) in [6.07, 6.45) is 3.44. The van der Waals surface area contributed by atoms with Crippen LogP contribution in [-0.2, 0) is 0 Å². The van der Waals surface area contributed by atoms with Gasteiger partial charge < -0.3 is 10.4 Å². The zero-order chi connectivity index (χ0) is 14.2. The smallest absolute Gasteiger partial charge is 0.275 e. The van der Waals surface area contributed by atoms with Crippen LogP contribution in [0, 0.1) is 11.8 Å². The van der Waals surface area contributed by atoms with Crippen molar-refractivity contribution in [2.24, 2.45) is 0 Å². The van der Waals surface area contributed by atoms with Gasteiger partial charge in [0.05, 0.1) is 6.61 Å². The number of carbonyl (C=O) groups excluding carboxylic acids is 1. The first-order valence-corrected chi connectivity index (χ1v) is 5.94. The van der Waals surface area contributed by atoms with Crippen molar-refractivity contribution in [3.05, 3.63) is 47.9 Å². The van der Waals surface area contributed by atoms with E-state index >= 15 is 0 Å². The molecule has 2 aromatic rings. The molecular weight excluding hydrogens is 256 g/mol. The van der Waals surface area contributed by atoms with Crippen molar-refractivity contribution in [3.8, 4) is 11.8 Å². The van der Waals surface area contributed by atoms with Gasteiger partial charge in [-0.25, -0.2) is 4.98 Å². The highest BCUT2D eigenvalue weighted by Gasteiger charge is 2.07. The first kappa shape index (κ1) is 13.6. The van der Waals surface area contributed by atoms with Crippen molar-refractivity contribution in [2.75, 3.05) is 11.9 Å². The largest absolute Gasteiger partial charge is 0.395 e. The number of aliphatic hydroxyl groups is 1. The Labute approximate surface area is 115 Å². The molecule has 2 heterocycles. The molecular formula is C14H12N4O2. The third kappa shape index (κ3) is 3.86. The highest BCUT2D eigenvalue weighted by Crippen LogP contribution is 2.04. The Bertz CT molecular complexity index is 630. The van der Waals surface area contributed by atoms with Gasteiger partial charge in [-0.1, -0.05) is 11.8 Å². The first-order valence-electron chi connectivity index (χ1n) is 5.94. The van der Waals surface area contributed by atoms with Crippen molar-refractivity contribution in [2.45, 2.75) is 6.42 Å². The van der Waals surface area contributed by atoms with Gasteiger partial charge in [0.25, 0.3) is 5.91 Å². The zero-order valence-corrected chi connectivity index (χ0v) is 10.6. The van der Waals surface area contributed by atoms with Crippen molar-refractivity contribution in [1.82, 2.24) is 15.2 Å². The van der Waals surface area contributed by atoms with E-state index in [1.807, 2.05) is 0 Å². The Balaban J connectivity index is 2.03. The molecule has 6 heteroatoms. The number of nitrogens with one attached hydrogen (secondary N) is 1. The number of carbonyl (C=O) groups is 1. The number of rotatable bonds is 3. The number of hydrogen-bond acceptors (Lipinski definition) is 5. The minimum atomic E-state index is -0.361. The molecule has 0 fully saturated rings. The number of aromatic nitrogens is 3. The Kier molecular flexibility index (Phi) is 4.76. The average Bonchev–Trinajstić information content (AvgIpc) is 2.49. The quantitative estimate of drug-likeness (QED) is 0.806. The molecule has 100 valence electrons. The summed E-state index contributed by atoms with van der Waals surface area (Å²) >= 11 is 0. The molecule has 0 radical (unpaired) electrons. The fourth-order valence-electron chi connectivity index (χ4n) is 1.37. The third-order valence-corrected chi connectivity index (χ3v) is 2.28. The summed E-state index contributed by atoms with van der Waals surface area (Å²) in [6, 6.07) is 6.59. The van der Waals surface area contributed by atoms with Gasteiger partial charge >= 0.3 is 0 Å². The van der Waals surface area contributed by atoms with Crippen LogP contribution < -0.4 is 5.32 Å². The monoisotopic (exact) mass is 268 g/mol. The maximum Gasteiger partial charge on any atom is 0.275 e. The second-order valence-corrected chi connectivity index (χ2v) is 3.77. The first-order chi connectivity index (χ1) is 9.79. The number of anilines is 1. The normalized spacial score (nSPS) is 9.45. The molecule has 0 saturated heterocycles.